The summed E-state index contributed by atoms with van der Waals surface area (Å²) < 4.78 is 38.3. The van der Waals surface area contributed by atoms with Crippen LogP contribution in [0.1, 0.15) is 11.1 Å². The average Bonchev–Trinajstić information content (AvgIpc) is 2.53. The molecule has 0 radical (unpaired) electrons. The summed E-state index contributed by atoms with van der Waals surface area (Å²) in [5, 5.41) is 4.21. The van der Waals surface area contributed by atoms with E-state index in [4.69, 9.17) is 11.6 Å². The van der Waals surface area contributed by atoms with Gasteiger partial charge in [0.05, 0.1) is 11.1 Å². The predicted octanol–water partition coefficient (Wildman–Crippen LogP) is 4.91. The Hall–Kier alpha value is -2.34. The quantitative estimate of drug-likeness (QED) is 0.690. The Bertz CT molecular complexity index is 832. The highest BCUT2D eigenvalue weighted by Gasteiger charge is 2.30. The van der Waals surface area contributed by atoms with Gasteiger partial charge in [0, 0.05) is 30.0 Å². The van der Waals surface area contributed by atoms with E-state index in [9.17, 15) is 13.2 Å². The summed E-state index contributed by atoms with van der Waals surface area (Å²) in [6.45, 7) is 0.476. The number of aromatic nitrogens is 2. The minimum absolute atomic E-state index is 0.291. The van der Waals surface area contributed by atoms with Crippen molar-refractivity contribution in [2.75, 3.05) is 5.32 Å². The van der Waals surface area contributed by atoms with Gasteiger partial charge in [-0.1, -0.05) is 23.7 Å². The topological polar surface area (TPSA) is 37.8 Å². The van der Waals surface area contributed by atoms with Gasteiger partial charge in [-0.05, 0) is 29.8 Å². The van der Waals surface area contributed by atoms with Gasteiger partial charge in [0.15, 0.2) is 0 Å². The largest absolute Gasteiger partial charge is 0.416 e. The van der Waals surface area contributed by atoms with Crippen LogP contribution in [0.5, 0.6) is 0 Å². The Morgan fingerprint density at radius 3 is 2.57 bits per heavy atom. The Balaban J connectivity index is 1.87. The first-order valence-corrected chi connectivity index (χ1v) is 7.11. The second-order valence-corrected chi connectivity index (χ2v) is 5.32. The van der Waals surface area contributed by atoms with Crippen molar-refractivity contribution in [2.45, 2.75) is 12.7 Å². The van der Waals surface area contributed by atoms with Gasteiger partial charge >= 0.3 is 6.18 Å². The molecule has 0 fully saturated rings. The molecular formula is C16H11ClF3N3. The molecule has 2 aromatic heterocycles. The zero-order chi connectivity index (χ0) is 16.4. The molecule has 0 atom stereocenters. The number of halogens is 4. The maximum Gasteiger partial charge on any atom is 0.416 e. The molecule has 3 rings (SSSR count). The molecule has 0 saturated heterocycles. The summed E-state index contributed by atoms with van der Waals surface area (Å²) in [5.41, 5.74) is 1.19. The van der Waals surface area contributed by atoms with E-state index in [1.165, 1.54) is 12.3 Å². The molecule has 2 heterocycles. The summed E-state index contributed by atoms with van der Waals surface area (Å²) >= 11 is 5.73. The Labute approximate surface area is 135 Å². The lowest BCUT2D eigenvalue weighted by molar-refractivity contribution is -0.137. The van der Waals surface area contributed by atoms with Crippen molar-refractivity contribution in [3.05, 3.63) is 65.1 Å². The second-order valence-electron chi connectivity index (χ2n) is 4.93. The van der Waals surface area contributed by atoms with Gasteiger partial charge in [-0.3, -0.25) is 4.98 Å². The van der Waals surface area contributed by atoms with Crippen LogP contribution in [0, 0.1) is 0 Å². The van der Waals surface area contributed by atoms with Crippen molar-refractivity contribution in [1.29, 1.82) is 0 Å². The summed E-state index contributed by atoms with van der Waals surface area (Å²) in [4.78, 5) is 7.99. The molecule has 3 nitrogen and oxygen atoms in total. The number of fused-ring (bicyclic) bond motifs is 1. The number of alkyl halides is 3. The number of hydrogen-bond acceptors (Lipinski definition) is 3. The van der Waals surface area contributed by atoms with E-state index in [1.807, 2.05) is 6.07 Å². The van der Waals surface area contributed by atoms with Gasteiger partial charge in [-0.25, -0.2) is 4.98 Å². The van der Waals surface area contributed by atoms with E-state index >= 15 is 0 Å². The zero-order valence-electron chi connectivity index (χ0n) is 11.7. The summed E-state index contributed by atoms with van der Waals surface area (Å²) in [7, 11) is 0. The van der Waals surface area contributed by atoms with E-state index < -0.39 is 11.7 Å². The Morgan fingerprint density at radius 2 is 1.87 bits per heavy atom. The number of anilines is 1. The van der Waals surface area contributed by atoms with E-state index in [-0.39, 0.29) is 0 Å². The fourth-order valence-corrected chi connectivity index (χ4v) is 2.30. The second kappa shape index (κ2) is 6.04. The fraction of sp³-hybridized carbons (Fsp3) is 0.125. The van der Waals surface area contributed by atoms with Crippen LogP contribution in [0.2, 0.25) is 5.15 Å². The molecule has 1 N–H and O–H groups in total. The molecule has 0 saturated carbocycles. The van der Waals surface area contributed by atoms with Crippen molar-refractivity contribution >= 4 is 28.2 Å². The average molecular weight is 338 g/mol. The molecule has 0 unspecified atom stereocenters. The molecule has 0 aliphatic carbocycles. The number of hydrogen-bond donors (Lipinski definition) is 1. The van der Waals surface area contributed by atoms with E-state index in [0.29, 0.717) is 28.3 Å². The third-order valence-corrected chi connectivity index (χ3v) is 3.57. The van der Waals surface area contributed by atoms with Gasteiger partial charge in [0.1, 0.15) is 5.15 Å². The van der Waals surface area contributed by atoms with Crippen molar-refractivity contribution in [3.63, 3.8) is 0 Å². The number of pyridine rings is 2. The molecule has 0 aliphatic rings. The lowest BCUT2D eigenvalue weighted by atomic mass is 10.1. The number of benzene rings is 1. The number of rotatable bonds is 3. The van der Waals surface area contributed by atoms with Crippen LogP contribution in [0.15, 0.2) is 48.8 Å². The van der Waals surface area contributed by atoms with Crippen LogP contribution in [0.4, 0.5) is 18.9 Å². The molecule has 0 spiro atoms. The van der Waals surface area contributed by atoms with Gasteiger partial charge < -0.3 is 5.32 Å². The minimum atomic E-state index is -4.38. The molecule has 0 bridgehead atoms. The van der Waals surface area contributed by atoms with Gasteiger partial charge in [-0.2, -0.15) is 13.2 Å². The highest BCUT2D eigenvalue weighted by Crippen LogP contribution is 2.32. The van der Waals surface area contributed by atoms with Crippen molar-refractivity contribution in [2.24, 2.45) is 0 Å². The normalized spacial score (nSPS) is 11.7. The van der Waals surface area contributed by atoms with E-state index in [0.717, 1.165) is 17.7 Å². The SMILES string of the molecule is FC(F)(F)c1ccc2c(NCc3ccc(Cl)nc3)ccnc2c1. The van der Waals surface area contributed by atoms with Crippen molar-refractivity contribution in [1.82, 2.24) is 9.97 Å². The fourth-order valence-electron chi connectivity index (χ4n) is 2.19. The maximum absolute atomic E-state index is 12.8. The lowest BCUT2D eigenvalue weighted by Gasteiger charge is -2.11. The van der Waals surface area contributed by atoms with Crippen LogP contribution < -0.4 is 5.32 Å². The molecular weight excluding hydrogens is 327 g/mol. The van der Waals surface area contributed by atoms with Crippen LogP contribution in [0.3, 0.4) is 0 Å². The molecule has 0 aliphatic heterocycles. The highest BCUT2D eigenvalue weighted by atomic mass is 35.5. The first kappa shape index (κ1) is 15.6. The predicted molar refractivity (Wildman–Crippen MR) is 83.3 cm³/mol. The molecule has 1 aromatic carbocycles. The third-order valence-electron chi connectivity index (χ3n) is 3.34. The molecule has 7 heteroatoms. The standard InChI is InChI=1S/C16H11ClF3N3/c17-15-4-1-10(9-23-15)8-22-13-5-6-21-14-7-11(16(18,19)20)2-3-12(13)14/h1-7,9H,8H2,(H,21,22). The molecule has 3 aromatic rings. The molecule has 118 valence electrons. The van der Waals surface area contributed by atoms with Crippen LogP contribution in [-0.2, 0) is 12.7 Å². The van der Waals surface area contributed by atoms with Crippen LogP contribution in [-0.4, -0.2) is 9.97 Å². The number of nitrogens with zero attached hydrogens (tertiary/aromatic N) is 2. The Kier molecular flexibility index (Phi) is 4.09. The number of nitrogens with one attached hydrogen (secondary N) is 1. The lowest BCUT2D eigenvalue weighted by Crippen LogP contribution is -2.05. The van der Waals surface area contributed by atoms with Crippen LogP contribution >= 0.6 is 11.6 Å². The van der Waals surface area contributed by atoms with Crippen molar-refractivity contribution in [3.8, 4) is 0 Å². The summed E-state index contributed by atoms with van der Waals surface area (Å²) in [6, 6.07) is 8.75. The maximum atomic E-state index is 12.8. The Morgan fingerprint density at radius 1 is 1.04 bits per heavy atom. The van der Waals surface area contributed by atoms with Gasteiger partial charge in [0.25, 0.3) is 0 Å². The zero-order valence-corrected chi connectivity index (χ0v) is 12.5. The molecule has 23 heavy (non-hydrogen) atoms. The van der Waals surface area contributed by atoms with Gasteiger partial charge in [0.2, 0.25) is 0 Å². The molecule has 0 amide bonds. The third kappa shape index (κ3) is 3.53. The van der Waals surface area contributed by atoms with Gasteiger partial charge in [-0.15, -0.1) is 0 Å². The first-order valence-electron chi connectivity index (χ1n) is 6.74. The van der Waals surface area contributed by atoms with E-state index in [2.05, 4.69) is 15.3 Å². The highest BCUT2D eigenvalue weighted by molar-refractivity contribution is 6.29. The van der Waals surface area contributed by atoms with Crippen molar-refractivity contribution < 1.29 is 13.2 Å². The summed E-state index contributed by atoms with van der Waals surface area (Å²) in [6.07, 6.45) is -1.26. The monoisotopic (exact) mass is 337 g/mol. The smallest absolute Gasteiger partial charge is 0.380 e. The van der Waals surface area contributed by atoms with E-state index in [1.54, 1.807) is 18.3 Å². The van der Waals surface area contributed by atoms with Crippen LogP contribution in [0.25, 0.3) is 10.9 Å². The summed E-state index contributed by atoms with van der Waals surface area (Å²) in [5.74, 6) is 0. The minimum Gasteiger partial charge on any atom is -0.380 e. The first-order chi connectivity index (χ1) is 10.9.